The molecule has 0 bridgehead atoms. The number of anilines is 1. The molecule has 1 aliphatic heterocycles. The van der Waals surface area contributed by atoms with Gasteiger partial charge >= 0.3 is 5.91 Å². The van der Waals surface area contributed by atoms with Crippen molar-refractivity contribution in [3.63, 3.8) is 0 Å². The largest absolute Gasteiger partial charge is 0.502 e. The zero-order valence-electron chi connectivity index (χ0n) is 12.0. The Balaban J connectivity index is 2.05. The molecule has 2 amide bonds. The van der Waals surface area contributed by atoms with Crippen LogP contribution in [0.15, 0.2) is 48.2 Å². The van der Waals surface area contributed by atoms with E-state index < -0.39 is 17.6 Å². The fourth-order valence-electron chi connectivity index (χ4n) is 2.36. The minimum atomic E-state index is -0.788. The van der Waals surface area contributed by atoms with Gasteiger partial charge in [-0.1, -0.05) is 53.0 Å². The van der Waals surface area contributed by atoms with Crippen LogP contribution in [0.3, 0.4) is 0 Å². The second-order valence-electron chi connectivity index (χ2n) is 5.13. The monoisotopic (exact) mass is 347 g/mol. The molecule has 0 saturated heterocycles. The van der Waals surface area contributed by atoms with Gasteiger partial charge in [0, 0.05) is 0 Å². The number of hydrogen-bond donors (Lipinski definition) is 1. The van der Waals surface area contributed by atoms with Crippen molar-refractivity contribution in [3.8, 4) is 0 Å². The van der Waals surface area contributed by atoms with Crippen LogP contribution < -0.4 is 4.90 Å². The summed E-state index contributed by atoms with van der Waals surface area (Å²) in [6.07, 6.45) is 0. The van der Waals surface area contributed by atoms with Crippen LogP contribution in [0.25, 0.3) is 5.57 Å². The third-order valence-electron chi connectivity index (χ3n) is 3.56. The van der Waals surface area contributed by atoms with Crippen LogP contribution >= 0.6 is 23.2 Å². The topological polar surface area (TPSA) is 57.6 Å². The van der Waals surface area contributed by atoms with Crippen molar-refractivity contribution >= 4 is 46.3 Å². The normalized spacial score (nSPS) is 14.8. The summed E-state index contributed by atoms with van der Waals surface area (Å²) in [4.78, 5) is 25.8. The molecule has 116 valence electrons. The van der Waals surface area contributed by atoms with E-state index in [4.69, 9.17) is 23.2 Å². The van der Waals surface area contributed by atoms with E-state index in [1.54, 1.807) is 24.3 Å². The Bertz CT molecular complexity index is 857. The van der Waals surface area contributed by atoms with E-state index in [2.05, 4.69) is 0 Å². The summed E-state index contributed by atoms with van der Waals surface area (Å²) in [7, 11) is 0. The predicted molar refractivity (Wildman–Crippen MR) is 89.7 cm³/mol. The number of benzene rings is 2. The van der Waals surface area contributed by atoms with Gasteiger partial charge in [-0.25, -0.2) is 4.90 Å². The van der Waals surface area contributed by atoms with Gasteiger partial charge < -0.3 is 5.11 Å². The van der Waals surface area contributed by atoms with Gasteiger partial charge in [-0.05, 0) is 30.7 Å². The number of rotatable bonds is 2. The van der Waals surface area contributed by atoms with Crippen LogP contribution in [0.5, 0.6) is 0 Å². The highest BCUT2D eigenvalue weighted by molar-refractivity contribution is 6.46. The van der Waals surface area contributed by atoms with Gasteiger partial charge in [0.25, 0.3) is 5.91 Å². The van der Waals surface area contributed by atoms with E-state index in [-0.39, 0.29) is 16.3 Å². The lowest BCUT2D eigenvalue weighted by Gasteiger charge is -2.15. The minimum Gasteiger partial charge on any atom is -0.502 e. The molecule has 1 aliphatic rings. The molecule has 0 aromatic heterocycles. The van der Waals surface area contributed by atoms with Crippen molar-refractivity contribution in [2.75, 3.05) is 4.90 Å². The molecule has 23 heavy (non-hydrogen) atoms. The van der Waals surface area contributed by atoms with Crippen molar-refractivity contribution < 1.29 is 14.7 Å². The van der Waals surface area contributed by atoms with E-state index >= 15 is 0 Å². The number of imide groups is 1. The van der Waals surface area contributed by atoms with E-state index in [1.165, 1.54) is 18.2 Å². The lowest BCUT2D eigenvalue weighted by Crippen LogP contribution is -2.31. The van der Waals surface area contributed by atoms with E-state index in [0.29, 0.717) is 10.6 Å². The third-order valence-corrected chi connectivity index (χ3v) is 4.30. The fourth-order valence-corrected chi connectivity index (χ4v) is 2.65. The molecule has 0 radical (unpaired) electrons. The molecule has 0 unspecified atom stereocenters. The quantitative estimate of drug-likeness (QED) is 0.830. The average molecular weight is 348 g/mol. The third kappa shape index (κ3) is 2.60. The maximum absolute atomic E-state index is 12.6. The Hall–Kier alpha value is -2.30. The molecular formula is C17H11Cl2NO3. The Kier molecular flexibility index (Phi) is 3.88. The molecule has 3 rings (SSSR count). The Morgan fingerprint density at radius 2 is 1.57 bits per heavy atom. The van der Waals surface area contributed by atoms with Crippen molar-refractivity contribution in [1.29, 1.82) is 0 Å². The first-order chi connectivity index (χ1) is 10.9. The van der Waals surface area contributed by atoms with Gasteiger partial charge in [-0.3, -0.25) is 9.59 Å². The van der Waals surface area contributed by atoms with Gasteiger partial charge in [0.05, 0.1) is 21.3 Å². The highest BCUT2D eigenvalue weighted by atomic mass is 35.5. The van der Waals surface area contributed by atoms with Gasteiger partial charge in [-0.2, -0.15) is 0 Å². The second-order valence-corrected chi connectivity index (χ2v) is 5.95. The molecular weight excluding hydrogens is 337 g/mol. The highest BCUT2D eigenvalue weighted by Crippen LogP contribution is 2.34. The zero-order valence-corrected chi connectivity index (χ0v) is 13.5. The minimum absolute atomic E-state index is 0.0268. The standard InChI is InChI=1S/C17H11Cl2NO3/c1-9-2-4-10(5-3-9)14-15(21)17(23)20(16(14)22)11-6-7-12(18)13(19)8-11/h2-8,21H,1H3. The molecule has 1 heterocycles. The molecule has 0 saturated carbocycles. The molecule has 4 nitrogen and oxygen atoms in total. The summed E-state index contributed by atoms with van der Waals surface area (Å²) < 4.78 is 0. The number of nitrogens with zero attached hydrogens (tertiary/aromatic N) is 1. The number of carbonyl (C=O) groups excluding carboxylic acids is 2. The SMILES string of the molecule is Cc1ccc(C2=C(O)C(=O)N(c3ccc(Cl)c(Cl)c3)C2=O)cc1. The first-order valence-corrected chi connectivity index (χ1v) is 7.50. The first-order valence-electron chi connectivity index (χ1n) is 6.74. The summed E-state index contributed by atoms with van der Waals surface area (Å²) >= 11 is 11.8. The number of halogens is 2. The second kappa shape index (κ2) is 5.72. The van der Waals surface area contributed by atoms with Gasteiger partial charge in [0.15, 0.2) is 5.76 Å². The molecule has 0 aliphatic carbocycles. The molecule has 6 heteroatoms. The van der Waals surface area contributed by atoms with Crippen LogP contribution in [0.2, 0.25) is 10.0 Å². The number of hydrogen-bond acceptors (Lipinski definition) is 3. The van der Waals surface area contributed by atoms with Crippen LogP contribution in [0.1, 0.15) is 11.1 Å². The Morgan fingerprint density at radius 1 is 0.913 bits per heavy atom. The Labute approximate surface area is 142 Å². The van der Waals surface area contributed by atoms with E-state index in [9.17, 15) is 14.7 Å². The van der Waals surface area contributed by atoms with Crippen LogP contribution in [-0.2, 0) is 9.59 Å². The van der Waals surface area contributed by atoms with Crippen LogP contribution in [-0.4, -0.2) is 16.9 Å². The van der Waals surface area contributed by atoms with Gasteiger partial charge in [-0.15, -0.1) is 0 Å². The number of aryl methyl sites for hydroxylation is 1. The molecule has 1 N–H and O–H groups in total. The molecule has 0 spiro atoms. The zero-order chi connectivity index (χ0) is 16.7. The van der Waals surface area contributed by atoms with E-state index in [1.807, 2.05) is 6.92 Å². The molecule has 0 atom stereocenters. The summed E-state index contributed by atoms with van der Waals surface area (Å²) in [6.45, 7) is 1.90. The Morgan fingerprint density at radius 3 is 2.17 bits per heavy atom. The number of aliphatic hydroxyl groups is 1. The van der Waals surface area contributed by atoms with Crippen molar-refractivity contribution in [3.05, 3.63) is 69.4 Å². The van der Waals surface area contributed by atoms with Crippen molar-refractivity contribution in [2.45, 2.75) is 6.92 Å². The summed E-state index contributed by atoms with van der Waals surface area (Å²) in [5.74, 6) is -1.97. The maximum Gasteiger partial charge on any atom is 0.301 e. The van der Waals surface area contributed by atoms with E-state index in [0.717, 1.165) is 10.5 Å². The maximum atomic E-state index is 12.6. The molecule has 0 fully saturated rings. The average Bonchev–Trinajstić information content (AvgIpc) is 2.74. The van der Waals surface area contributed by atoms with Gasteiger partial charge in [0.2, 0.25) is 0 Å². The molecule has 2 aromatic rings. The smallest absolute Gasteiger partial charge is 0.301 e. The van der Waals surface area contributed by atoms with Crippen LogP contribution in [0, 0.1) is 6.92 Å². The summed E-state index contributed by atoms with van der Waals surface area (Å²) in [5, 5.41) is 10.6. The number of carbonyl (C=O) groups is 2. The predicted octanol–water partition coefficient (Wildman–Crippen LogP) is 4.14. The van der Waals surface area contributed by atoms with Crippen LogP contribution in [0.4, 0.5) is 5.69 Å². The first kappa shape index (κ1) is 15.6. The fraction of sp³-hybridized carbons (Fsp3) is 0.0588. The molecule has 2 aromatic carbocycles. The van der Waals surface area contributed by atoms with Crippen molar-refractivity contribution in [2.24, 2.45) is 0 Å². The van der Waals surface area contributed by atoms with Crippen molar-refractivity contribution in [1.82, 2.24) is 0 Å². The van der Waals surface area contributed by atoms with Gasteiger partial charge in [0.1, 0.15) is 0 Å². The highest BCUT2D eigenvalue weighted by Gasteiger charge is 2.40. The lowest BCUT2D eigenvalue weighted by molar-refractivity contribution is -0.121. The summed E-state index contributed by atoms with van der Waals surface area (Å²) in [5.41, 5.74) is 1.71. The number of aliphatic hydroxyl groups excluding tert-OH is 1. The number of amides is 2. The lowest BCUT2D eigenvalue weighted by atomic mass is 10.0. The summed E-state index contributed by atoms with van der Waals surface area (Å²) in [6, 6.07) is 11.4.